The van der Waals surface area contributed by atoms with Crippen molar-refractivity contribution < 1.29 is 14.2 Å². The number of aromatic nitrogens is 2. The molecular formula is C10H17N4O4+. The van der Waals surface area contributed by atoms with Crippen molar-refractivity contribution in [2.45, 2.75) is 32.7 Å². The van der Waals surface area contributed by atoms with E-state index in [1.807, 2.05) is 0 Å². The van der Waals surface area contributed by atoms with Crippen LogP contribution in [0.1, 0.15) is 19.7 Å². The van der Waals surface area contributed by atoms with Crippen LogP contribution in [0.3, 0.4) is 0 Å². The van der Waals surface area contributed by atoms with Crippen LogP contribution >= 0.6 is 0 Å². The minimum atomic E-state index is -1.13. The molecular weight excluding hydrogens is 240 g/mol. The molecule has 0 spiro atoms. The van der Waals surface area contributed by atoms with Crippen LogP contribution in [0.25, 0.3) is 0 Å². The van der Waals surface area contributed by atoms with Crippen LogP contribution in [-0.4, -0.2) is 21.6 Å². The molecule has 1 rings (SSSR count). The van der Waals surface area contributed by atoms with E-state index in [2.05, 4.69) is 5.18 Å². The molecule has 0 atom stereocenters. The Morgan fingerprint density at radius 3 is 2.83 bits per heavy atom. The van der Waals surface area contributed by atoms with E-state index in [0.717, 1.165) is 0 Å². The number of aryl methyl sites for hydroxylation is 1. The maximum absolute atomic E-state index is 10.7. The van der Waals surface area contributed by atoms with Gasteiger partial charge in [-0.25, -0.2) is 9.13 Å². The summed E-state index contributed by atoms with van der Waals surface area (Å²) in [5.41, 5.74) is -1.13. The molecule has 1 heterocycles. The van der Waals surface area contributed by atoms with E-state index in [9.17, 15) is 15.0 Å². The third kappa shape index (κ3) is 3.33. The summed E-state index contributed by atoms with van der Waals surface area (Å²) in [6.07, 6.45) is 3.50. The second-order valence-electron chi connectivity index (χ2n) is 4.63. The molecule has 0 bridgehead atoms. The Labute approximate surface area is 104 Å². The van der Waals surface area contributed by atoms with Crippen molar-refractivity contribution in [3.8, 4) is 0 Å². The number of hydrogen-bond donors (Lipinski definition) is 0. The molecule has 0 saturated carbocycles. The van der Waals surface area contributed by atoms with Crippen LogP contribution in [0.15, 0.2) is 17.6 Å². The van der Waals surface area contributed by atoms with Crippen LogP contribution in [-0.2, 0) is 25.1 Å². The fraction of sp³-hybridized carbons (Fsp3) is 0.700. The van der Waals surface area contributed by atoms with E-state index in [-0.39, 0.29) is 24.8 Å². The van der Waals surface area contributed by atoms with Crippen LogP contribution < -0.4 is 4.57 Å². The molecule has 0 aliphatic heterocycles. The molecule has 0 saturated heterocycles. The smallest absolute Gasteiger partial charge is 0.283 e. The first kappa shape index (κ1) is 14.2. The average Bonchev–Trinajstić information content (AvgIpc) is 2.61. The minimum Gasteiger partial charge on any atom is -0.334 e. The lowest BCUT2D eigenvalue weighted by molar-refractivity contribution is -0.679. The van der Waals surface area contributed by atoms with Crippen LogP contribution in [0.5, 0.6) is 0 Å². The van der Waals surface area contributed by atoms with Gasteiger partial charge in [-0.3, -0.25) is 10.1 Å². The fourth-order valence-corrected chi connectivity index (χ4v) is 1.38. The number of nitroso groups, excluding NO2 is 1. The van der Waals surface area contributed by atoms with Gasteiger partial charge in [-0.15, -0.1) is 0 Å². The number of nitrogens with zero attached hydrogens (tertiary/aromatic N) is 4. The molecule has 0 aliphatic rings. The third-order valence-corrected chi connectivity index (χ3v) is 2.59. The minimum absolute atomic E-state index is 0.00411. The Hall–Kier alpha value is -1.83. The second-order valence-corrected chi connectivity index (χ2v) is 4.63. The van der Waals surface area contributed by atoms with Gasteiger partial charge < -0.3 is 4.74 Å². The average molecular weight is 257 g/mol. The van der Waals surface area contributed by atoms with Crippen molar-refractivity contribution in [1.82, 2.24) is 4.57 Å². The predicted molar refractivity (Wildman–Crippen MR) is 62.1 cm³/mol. The lowest BCUT2D eigenvalue weighted by Crippen LogP contribution is -2.37. The molecule has 0 aromatic carbocycles. The number of ether oxygens (including phenoxy) is 1. The molecule has 0 unspecified atom stereocenters. The van der Waals surface area contributed by atoms with Crippen molar-refractivity contribution in [1.29, 1.82) is 0 Å². The zero-order chi connectivity index (χ0) is 13.8. The summed E-state index contributed by atoms with van der Waals surface area (Å²) in [6.45, 7) is 3.18. The van der Waals surface area contributed by atoms with E-state index in [1.165, 1.54) is 13.8 Å². The molecule has 0 fully saturated rings. The molecule has 100 valence electrons. The van der Waals surface area contributed by atoms with Gasteiger partial charge in [-0.05, 0) is 0 Å². The van der Waals surface area contributed by atoms with E-state index in [0.29, 0.717) is 5.82 Å². The third-order valence-electron chi connectivity index (χ3n) is 2.59. The zero-order valence-electron chi connectivity index (χ0n) is 10.7. The maximum Gasteiger partial charge on any atom is 0.283 e. The molecule has 0 N–H and O–H groups in total. The normalized spacial score (nSPS) is 11.5. The van der Waals surface area contributed by atoms with Gasteiger partial charge in [0.2, 0.25) is 5.54 Å². The zero-order valence-corrected chi connectivity index (χ0v) is 10.7. The highest BCUT2D eigenvalue weighted by Crippen LogP contribution is 2.08. The summed E-state index contributed by atoms with van der Waals surface area (Å²) in [7, 11) is 1.79. The first-order valence-electron chi connectivity index (χ1n) is 5.43. The Balaban J connectivity index is 2.59. The molecule has 0 aliphatic carbocycles. The van der Waals surface area contributed by atoms with E-state index in [4.69, 9.17) is 4.74 Å². The largest absolute Gasteiger partial charge is 0.334 e. The first-order valence-corrected chi connectivity index (χ1v) is 5.43. The standard InChI is InChI=1S/C10H17N4O4/c1-10(2,14(16)17)7-18-8-13-5-4-12(3)9(13)6-11-15/h4-5H,6-8H2,1-3H3/q+1. The molecule has 0 amide bonds. The van der Waals surface area contributed by atoms with E-state index in [1.54, 1.807) is 28.6 Å². The summed E-state index contributed by atoms with van der Waals surface area (Å²) < 4.78 is 8.76. The lowest BCUT2D eigenvalue weighted by Gasteiger charge is -2.14. The molecule has 1 aromatic rings. The molecule has 1 aromatic heterocycles. The SMILES string of the molecule is C[n+]1ccn(COCC(C)(C)[N+](=O)[O-])c1CN=O. The number of imidazole rings is 1. The predicted octanol–water partition coefficient (Wildman–Crippen LogP) is 0.608. The second kappa shape index (κ2) is 5.67. The van der Waals surface area contributed by atoms with Crippen molar-refractivity contribution in [3.63, 3.8) is 0 Å². The molecule has 0 radical (unpaired) electrons. The Morgan fingerprint density at radius 2 is 2.28 bits per heavy atom. The van der Waals surface area contributed by atoms with Gasteiger partial charge in [0.1, 0.15) is 19.0 Å². The molecule has 8 nitrogen and oxygen atoms in total. The van der Waals surface area contributed by atoms with Crippen molar-refractivity contribution >= 4 is 0 Å². The Bertz CT molecular complexity index is 441. The lowest BCUT2D eigenvalue weighted by atomic mass is 10.1. The highest BCUT2D eigenvalue weighted by molar-refractivity contribution is 4.82. The van der Waals surface area contributed by atoms with Gasteiger partial charge in [0.15, 0.2) is 13.3 Å². The van der Waals surface area contributed by atoms with Gasteiger partial charge in [0, 0.05) is 18.8 Å². The summed E-state index contributed by atoms with van der Waals surface area (Å²) in [6, 6.07) is 0. The van der Waals surface area contributed by atoms with Crippen molar-refractivity contribution in [2.24, 2.45) is 12.2 Å². The summed E-state index contributed by atoms with van der Waals surface area (Å²) in [5.74, 6) is 0.684. The van der Waals surface area contributed by atoms with E-state index >= 15 is 0 Å². The Morgan fingerprint density at radius 1 is 1.61 bits per heavy atom. The van der Waals surface area contributed by atoms with Crippen molar-refractivity contribution in [2.75, 3.05) is 6.61 Å². The topological polar surface area (TPSA) is 90.6 Å². The highest BCUT2D eigenvalue weighted by Gasteiger charge is 2.31. The first-order chi connectivity index (χ1) is 8.38. The fourth-order valence-electron chi connectivity index (χ4n) is 1.38. The number of rotatable bonds is 7. The Kier molecular flexibility index (Phi) is 4.49. The van der Waals surface area contributed by atoms with Gasteiger partial charge in [-0.2, -0.15) is 4.91 Å². The van der Waals surface area contributed by atoms with Crippen LogP contribution in [0.4, 0.5) is 0 Å². The molecule has 18 heavy (non-hydrogen) atoms. The summed E-state index contributed by atoms with van der Waals surface area (Å²) in [4.78, 5) is 20.6. The maximum atomic E-state index is 10.7. The number of nitro groups is 1. The van der Waals surface area contributed by atoms with Gasteiger partial charge in [0.05, 0.1) is 7.05 Å². The quantitative estimate of drug-likeness (QED) is 0.309. The van der Waals surface area contributed by atoms with Gasteiger partial charge in [-0.1, -0.05) is 5.18 Å². The highest BCUT2D eigenvalue weighted by atomic mass is 16.6. The van der Waals surface area contributed by atoms with Gasteiger partial charge >= 0.3 is 0 Å². The number of hydrogen-bond acceptors (Lipinski definition) is 5. The summed E-state index contributed by atoms with van der Waals surface area (Å²) >= 11 is 0. The van der Waals surface area contributed by atoms with Crippen molar-refractivity contribution in [3.05, 3.63) is 33.2 Å². The van der Waals surface area contributed by atoms with E-state index < -0.39 is 5.54 Å². The van der Waals surface area contributed by atoms with Crippen LogP contribution in [0.2, 0.25) is 0 Å². The van der Waals surface area contributed by atoms with Crippen LogP contribution in [0, 0.1) is 15.0 Å². The monoisotopic (exact) mass is 257 g/mol. The molecule has 8 heteroatoms. The van der Waals surface area contributed by atoms with Gasteiger partial charge in [0.25, 0.3) is 5.82 Å². The summed E-state index contributed by atoms with van der Waals surface area (Å²) in [5, 5.41) is 13.5.